The second-order valence-corrected chi connectivity index (χ2v) is 1.43. The van der Waals surface area contributed by atoms with E-state index in [1.807, 2.05) is 12.3 Å². The highest BCUT2D eigenvalue weighted by Crippen LogP contribution is 1.79. The first kappa shape index (κ1) is 4.65. The first-order chi connectivity index (χ1) is 3.50. The molecule has 0 aromatic rings. The third-order valence-corrected chi connectivity index (χ3v) is 0.841. The lowest BCUT2D eigenvalue weighted by atomic mass is 10.6. The van der Waals surface area contributed by atoms with Crippen molar-refractivity contribution in [3.8, 4) is 0 Å². The zero-order valence-corrected chi connectivity index (χ0v) is 4.18. The quantitative estimate of drug-likeness (QED) is 0.465. The van der Waals surface area contributed by atoms with Crippen molar-refractivity contribution >= 4 is 0 Å². The van der Waals surface area contributed by atoms with Crippen LogP contribution < -0.4 is 5.32 Å². The molecule has 0 atom stereocenters. The smallest absolute Gasteiger partial charge is 0.0665 e. The van der Waals surface area contributed by atoms with Gasteiger partial charge in [-0.3, -0.25) is 0 Å². The van der Waals surface area contributed by atoms with Gasteiger partial charge in [-0.15, -0.1) is 0 Å². The van der Waals surface area contributed by atoms with Crippen LogP contribution in [0.2, 0.25) is 0 Å². The summed E-state index contributed by atoms with van der Waals surface area (Å²) in [5.41, 5.74) is 0. The van der Waals surface area contributed by atoms with Crippen molar-refractivity contribution < 1.29 is 4.74 Å². The van der Waals surface area contributed by atoms with Crippen LogP contribution in [0, 0.1) is 0 Å². The van der Waals surface area contributed by atoms with E-state index in [9.17, 15) is 0 Å². The van der Waals surface area contributed by atoms with E-state index < -0.39 is 0 Å². The van der Waals surface area contributed by atoms with Crippen molar-refractivity contribution in [3.63, 3.8) is 0 Å². The van der Waals surface area contributed by atoms with Gasteiger partial charge in [0.2, 0.25) is 0 Å². The Kier molecular flexibility index (Phi) is 1.75. The zero-order valence-electron chi connectivity index (χ0n) is 4.18. The van der Waals surface area contributed by atoms with Crippen LogP contribution in [0.15, 0.2) is 12.3 Å². The fraction of sp³-hybridized carbons (Fsp3) is 0.600. The number of ether oxygens (including phenoxy) is 1. The van der Waals surface area contributed by atoms with E-state index in [0.29, 0.717) is 0 Å². The van der Waals surface area contributed by atoms with Crippen molar-refractivity contribution in [2.45, 2.75) is 0 Å². The van der Waals surface area contributed by atoms with Crippen LogP contribution in [-0.4, -0.2) is 19.8 Å². The van der Waals surface area contributed by atoms with Crippen LogP contribution in [0.4, 0.5) is 0 Å². The molecule has 40 valence electrons. The van der Waals surface area contributed by atoms with Gasteiger partial charge in [-0.2, -0.15) is 0 Å². The number of nitrogens with one attached hydrogen (secondary N) is 1. The molecule has 0 amide bonds. The molecule has 7 heavy (non-hydrogen) atoms. The lowest BCUT2D eigenvalue weighted by Crippen LogP contribution is -2.09. The van der Waals surface area contributed by atoms with Gasteiger partial charge >= 0.3 is 0 Å². The van der Waals surface area contributed by atoms with E-state index in [1.165, 1.54) is 0 Å². The minimum atomic E-state index is 0.757. The molecule has 1 heterocycles. The van der Waals surface area contributed by atoms with Crippen LogP contribution in [-0.2, 0) is 4.74 Å². The largest absolute Gasteiger partial charge is 0.389 e. The minimum Gasteiger partial charge on any atom is -0.389 e. The number of hydrogen-bond donors (Lipinski definition) is 1. The molecule has 0 aromatic heterocycles. The molecule has 0 unspecified atom stereocenters. The van der Waals surface area contributed by atoms with E-state index >= 15 is 0 Å². The highest BCUT2D eigenvalue weighted by molar-refractivity contribution is 4.80. The first-order valence-corrected chi connectivity index (χ1v) is 2.46. The molecule has 2 heteroatoms. The zero-order chi connectivity index (χ0) is 4.95. The maximum absolute atomic E-state index is 5.05. The summed E-state index contributed by atoms with van der Waals surface area (Å²) in [4.78, 5) is 0. The Labute approximate surface area is 43.2 Å². The molecule has 0 fully saturated rings. The Morgan fingerprint density at radius 1 is 1.57 bits per heavy atom. The standard InChI is InChI=1S/C5H9NO/c1-2-6-3-5-7-4-1/h1-2,6H,3-5H2. The van der Waals surface area contributed by atoms with Gasteiger partial charge in [-0.05, 0) is 12.3 Å². The van der Waals surface area contributed by atoms with Crippen LogP contribution in [0.5, 0.6) is 0 Å². The molecule has 0 spiro atoms. The number of rotatable bonds is 0. The third kappa shape index (κ3) is 1.59. The van der Waals surface area contributed by atoms with Crippen molar-refractivity contribution in [3.05, 3.63) is 12.3 Å². The summed E-state index contributed by atoms with van der Waals surface area (Å²) < 4.78 is 5.05. The molecule has 0 saturated carbocycles. The average Bonchev–Trinajstić information content (AvgIpc) is 1.90. The number of hydrogen-bond acceptors (Lipinski definition) is 2. The van der Waals surface area contributed by atoms with Gasteiger partial charge in [-0.25, -0.2) is 0 Å². The van der Waals surface area contributed by atoms with E-state index in [4.69, 9.17) is 4.74 Å². The molecule has 1 rings (SSSR count). The Hall–Kier alpha value is -0.500. The Morgan fingerprint density at radius 3 is 3.57 bits per heavy atom. The summed E-state index contributed by atoms with van der Waals surface area (Å²) in [5.74, 6) is 0. The topological polar surface area (TPSA) is 21.3 Å². The first-order valence-electron chi connectivity index (χ1n) is 2.46. The van der Waals surface area contributed by atoms with Crippen molar-refractivity contribution in [2.24, 2.45) is 0 Å². The van der Waals surface area contributed by atoms with E-state index in [0.717, 1.165) is 19.8 Å². The molecular weight excluding hydrogens is 90.1 g/mol. The molecule has 0 saturated heterocycles. The SMILES string of the molecule is C1=CNCCOC1. The van der Waals surface area contributed by atoms with Gasteiger partial charge in [0.15, 0.2) is 0 Å². The predicted octanol–water partition coefficient (Wildman–Crippen LogP) is 0.120. The molecule has 1 N–H and O–H groups in total. The van der Waals surface area contributed by atoms with Gasteiger partial charge in [0.1, 0.15) is 0 Å². The molecule has 1 aliphatic heterocycles. The highest BCUT2D eigenvalue weighted by Gasteiger charge is 1.85. The maximum atomic E-state index is 5.05. The highest BCUT2D eigenvalue weighted by atomic mass is 16.5. The summed E-state index contributed by atoms with van der Waals surface area (Å²) >= 11 is 0. The maximum Gasteiger partial charge on any atom is 0.0665 e. The Morgan fingerprint density at radius 2 is 2.57 bits per heavy atom. The molecule has 0 aromatic carbocycles. The lowest BCUT2D eigenvalue weighted by Gasteiger charge is -1.93. The fourth-order valence-corrected chi connectivity index (χ4v) is 0.497. The van der Waals surface area contributed by atoms with E-state index in [-0.39, 0.29) is 0 Å². The fourth-order valence-electron chi connectivity index (χ4n) is 0.497. The van der Waals surface area contributed by atoms with E-state index in [1.54, 1.807) is 0 Å². The van der Waals surface area contributed by atoms with Gasteiger partial charge < -0.3 is 10.1 Å². The molecule has 0 radical (unpaired) electrons. The van der Waals surface area contributed by atoms with Crippen molar-refractivity contribution in [1.82, 2.24) is 5.32 Å². The molecule has 1 aliphatic rings. The van der Waals surface area contributed by atoms with Crippen LogP contribution in [0.1, 0.15) is 0 Å². The summed E-state index contributed by atoms with van der Waals surface area (Å²) in [6.45, 7) is 2.52. The third-order valence-electron chi connectivity index (χ3n) is 0.841. The van der Waals surface area contributed by atoms with Gasteiger partial charge in [0, 0.05) is 6.54 Å². The normalized spacial score (nSPS) is 20.6. The molecule has 2 nitrogen and oxygen atoms in total. The average molecular weight is 99.1 g/mol. The van der Waals surface area contributed by atoms with Gasteiger partial charge in [0.25, 0.3) is 0 Å². The van der Waals surface area contributed by atoms with Gasteiger partial charge in [0.05, 0.1) is 13.2 Å². The Bertz CT molecular complexity index is 62.5. The van der Waals surface area contributed by atoms with Crippen LogP contribution in [0.25, 0.3) is 0 Å². The monoisotopic (exact) mass is 99.1 g/mol. The summed E-state index contributed by atoms with van der Waals surface area (Å²) in [7, 11) is 0. The van der Waals surface area contributed by atoms with Crippen LogP contribution in [0.3, 0.4) is 0 Å². The molecule has 0 bridgehead atoms. The van der Waals surface area contributed by atoms with Crippen molar-refractivity contribution in [1.29, 1.82) is 0 Å². The Balaban J connectivity index is 2.20. The van der Waals surface area contributed by atoms with Gasteiger partial charge in [-0.1, -0.05) is 0 Å². The molecule has 0 aliphatic carbocycles. The second-order valence-electron chi connectivity index (χ2n) is 1.43. The summed E-state index contributed by atoms with van der Waals surface area (Å²) in [6, 6.07) is 0. The second kappa shape index (κ2) is 2.64. The van der Waals surface area contributed by atoms with Crippen LogP contribution >= 0.6 is 0 Å². The summed E-state index contributed by atoms with van der Waals surface area (Å²) in [6.07, 6.45) is 3.89. The summed E-state index contributed by atoms with van der Waals surface area (Å²) in [5, 5.41) is 3.04. The van der Waals surface area contributed by atoms with E-state index in [2.05, 4.69) is 5.32 Å². The lowest BCUT2D eigenvalue weighted by molar-refractivity contribution is 0.172. The van der Waals surface area contributed by atoms with Crippen molar-refractivity contribution in [2.75, 3.05) is 19.8 Å². The minimum absolute atomic E-state index is 0.757. The molecular formula is C5H9NO. The predicted molar refractivity (Wildman–Crippen MR) is 28.0 cm³/mol.